The number of aryl methyl sites for hydroxylation is 1. The van der Waals surface area contributed by atoms with E-state index >= 15 is 0 Å². The summed E-state index contributed by atoms with van der Waals surface area (Å²) in [4.78, 5) is 13.8. The van der Waals surface area contributed by atoms with Crippen molar-refractivity contribution in [1.82, 2.24) is 4.90 Å². The van der Waals surface area contributed by atoms with Crippen LogP contribution in [-0.4, -0.2) is 35.6 Å². The lowest BCUT2D eigenvalue weighted by molar-refractivity contribution is -0.131. The lowest BCUT2D eigenvalue weighted by Gasteiger charge is -2.21. The number of aliphatic hydroxyl groups excluding tert-OH is 1. The average Bonchev–Trinajstić information content (AvgIpc) is 2.32. The fourth-order valence-electron chi connectivity index (χ4n) is 1.83. The highest BCUT2D eigenvalue weighted by Gasteiger charge is 2.13. The third-order valence-electron chi connectivity index (χ3n) is 2.82. The van der Waals surface area contributed by atoms with Crippen molar-refractivity contribution in [3.05, 3.63) is 35.4 Å². The van der Waals surface area contributed by atoms with E-state index in [9.17, 15) is 4.79 Å². The molecule has 0 spiro atoms. The van der Waals surface area contributed by atoms with Crippen LogP contribution in [0, 0.1) is 6.92 Å². The number of nitrogens with zero attached hydrogens (tertiary/aromatic N) is 1. The minimum Gasteiger partial charge on any atom is -0.395 e. The van der Waals surface area contributed by atoms with Crippen LogP contribution in [0.4, 0.5) is 0 Å². The van der Waals surface area contributed by atoms with Crippen molar-refractivity contribution in [3.8, 4) is 0 Å². The van der Waals surface area contributed by atoms with Crippen LogP contribution in [0.15, 0.2) is 24.3 Å². The fraction of sp³-hybridized carbons (Fsp3) is 0.500. The molecule has 0 radical (unpaired) electrons. The molecule has 0 fully saturated rings. The molecule has 0 atom stereocenters. The average molecular weight is 235 g/mol. The molecule has 1 amide bonds. The number of carbonyl (C=O) groups is 1. The van der Waals surface area contributed by atoms with Crippen LogP contribution in [-0.2, 0) is 11.2 Å². The van der Waals surface area contributed by atoms with Gasteiger partial charge in [-0.3, -0.25) is 4.79 Å². The Bertz CT molecular complexity index is 357. The Morgan fingerprint density at radius 1 is 1.29 bits per heavy atom. The van der Waals surface area contributed by atoms with Crippen molar-refractivity contribution in [2.75, 3.05) is 19.7 Å². The molecule has 3 heteroatoms. The molecule has 1 aromatic rings. The van der Waals surface area contributed by atoms with E-state index in [1.54, 1.807) is 4.90 Å². The van der Waals surface area contributed by atoms with E-state index < -0.39 is 0 Å². The third-order valence-corrected chi connectivity index (χ3v) is 2.82. The Morgan fingerprint density at radius 2 is 2.00 bits per heavy atom. The third kappa shape index (κ3) is 4.19. The zero-order chi connectivity index (χ0) is 12.7. The zero-order valence-electron chi connectivity index (χ0n) is 10.6. The van der Waals surface area contributed by atoms with Gasteiger partial charge in [-0.25, -0.2) is 0 Å². The van der Waals surface area contributed by atoms with Crippen LogP contribution < -0.4 is 0 Å². The van der Waals surface area contributed by atoms with Gasteiger partial charge in [0.15, 0.2) is 0 Å². The predicted molar refractivity (Wildman–Crippen MR) is 68.8 cm³/mol. The molecule has 1 aromatic carbocycles. The number of carbonyl (C=O) groups excluding carboxylic acids is 1. The highest BCUT2D eigenvalue weighted by Crippen LogP contribution is 2.09. The molecule has 1 rings (SSSR count). The van der Waals surface area contributed by atoms with E-state index in [-0.39, 0.29) is 12.5 Å². The Hall–Kier alpha value is -1.35. The molecule has 1 N–H and O–H groups in total. The van der Waals surface area contributed by atoms with Crippen molar-refractivity contribution in [1.29, 1.82) is 0 Å². The van der Waals surface area contributed by atoms with E-state index in [1.165, 1.54) is 0 Å². The van der Waals surface area contributed by atoms with E-state index in [0.717, 1.165) is 17.5 Å². The summed E-state index contributed by atoms with van der Waals surface area (Å²) in [7, 11) is 0. The molecule has 0 unspecified atom stereocenters. The van der Waals surface area contributed by atoms with Gasteiger partial charge in [0.2, 0.25) is 5.91 Å². The molecule has 0 aliphatic carbocycles. The summed E-state index contributed by atoms with van der Waals surface area (Å²) in [6.07, 6.45) is 1.34. The van der Waals surface area contributed by atoms with Gasteiger partial charge < -0.3 is 10.0 Å². The van der Waals surface area contributed by atoms with E-state index in [4.69, 9.17) is 5.11 Å². The minimum atomic E-state index is 0.0273. The molecule has 0 saturated heterocycles. The summed E-state index contributed by atoms with van der Waals surface area (Å²) in [6.45, 7) is 5.22. The Morgan fingerprint density at radius 3 is 2.59 bits per heavy atom. The molecular formula is C14H21NO2. The van der Waals surface area contributed by atoms with Crippen molar-refractivity contribution >= 4 is 5.91 Å². The van der Waals surface area contributed by atoms with Crippen LogP contribution in [0.1, 0.15) is 24.5 Å². The highest BCUT2D eigenvalue weighted by molar-refractivity contribution is 5.79. The van der Waals surface area contributed by atoms with E-state index in [1.807, 2.05) is 38.1 Å². The largest absolute Gasteiger partial charge is 0.395 e. The number of amides is 1. The van der Waals surface area contributed by atoms with Crippen LogP contribution in [0.2, 0.25) is 0 Å². The van der Waals surface area contributed by atoms with Gasteiger partial charge in [-0.2, -0.15) is 0 Å². The first-order valence-corrected chi connectivity index (χ1v) is 6.12. The van der Waals surface area contributed by atoms with Crippen molar-refractivity contribution < 1.29 is 9.90 Å². The number of benzene rings is 1. The summed E-state index contributed by atoms with van der Waals surface area (Å²) in [5.74, 6) is 0.0928. The number of aliphatic hydroxyl groups is 1. The molecule has 0 heterocycles. The van der Waals surface area contributed by atoms with Gasteiger partial charge in [0.05, 0.1) is 13.0 Å². The second kappa shape index (κ2) is 7.07. The maximum absolute atomic E-state index is 12.1. The van der Waals surface area contributed by atoms with Crippen molar-refractivity contribution in [2.45, 2.75) is 26.7 Å². The number of hydrogen-bond donors (Lipinski definition) is 1. The molecule has 0 bridgehead atoms. The van der Waals surface area contributed by atoms with Gasteiger partial charge in [-0.15, -0.1) is 0 Å². The van der Waals surface area contributed by atoms with Gasteiger partial charge in [-0.1, -0.05) is 31.2 Å². The molecular weight excluding hydrogens is 214 g/mol. The van der Waals surface area contributed by atoms with Gasteiger partial charge in [-0.05, 0) is 24.5 Å². The SMILES string of the molecule is CCCN(CCO)C(=O)Cc1ccccc1C. The maximum Gasteiger partial charge on any atom is 0.227 e. The maximum atomic E-state index is 12.1. The lowest BCUT2D eigenvalue weighted by atomic mass is 10.1. The predicted octanol–water partition coefficient (Wildman–Crippen LogP) is 1.77. The fourth-order valence-corrected chi connectivity index (χ4v) is 1.83. The van der Waals surface area contributed by atoms with Crippen molar-refractivity contribution in [2.24, 2.45) is 0 Å². The smallest absolute Gasteiger partial charge is 0.227 e. The minimum absolute atomic E-state index is 0.0273. The normalized spacial score (nSPS) is 10.3. The summed E-state index contributed by atoms with van der Waals surface area (Å²) in [6, 6.07) is 7.92. The van der Waals surface area contributed by atoms with Crippen LogP contribution in [0.5, 0.6) is 0 Å². The van der Waals surface area contributed by atoms with E-state index in [2.05, 4.69) is 0 Å². The second-order valence-corrected chi connectivity index (χ2v) is 4.21. The molecule has 0 saturated carbocycles. The topological polar surface area (TPSA) is 40.5 Å². The second-order valence-electron chi connectivity index (χ2n) is 4.21. The van der Waals surface area contributed by atoms with Gasteiger partial charge >= 0.3 is 0 Å². The van der Waals surface area contributed by atoms with Crippen LogP contribution >= 0.6 is 0 Å². The first-order valence-electron chi connectivity index (χ1n) is 6.12. The van der Waals surface area contributed by atoms with Crippen molar-refractivity contribution in [3.63, 3.8) is 0 Å². The molecule has 0 aliphatic rings. The summed E-state index contributed by atoms with van der Waals surface area (Å²) < 4.78 is 0. The van der Waals surface area contributed by atoms with Crippen LogP contribution in [0.25, 0.3) is 0 Å². The van der Waals surface area contributed by atoms with Gasteiger partial charge in [0, 0.05) is 13.1 Å². The van der Waals surface area contributed by atoms with Crippen LogP contribution in [0.3, 0.4) is 0 Å². The summed E-state index contributed by atoms with van der Waals surface area (Å²) >= 11 is 0. The Kier molecular flexibility index (Phi) is 5.70. The first kappa shape index (κ1) is 13.7. The highest BCUT2D eigenvalue weighted by atomic mass is 16.3. The molecule has 94 valence electrons. The Labute approximate surface area is 103 Å². The summed E-state index contributed by atoms with van der Waals surface area (Å²) in [5.41, 5.74) is 2.21. The zero-order valence-corrected chi connectivity index (χ0v) is 10.6. The molecule has 17 heavy (non-hydrogen) atoms. The monoisotopic (exact) mass is 235 g/mol. The molecule has 0 aliphatic heterocycles. The lowest BCUT2D eigenvalue weighted by Crippen LogP contribution is -2.35. The first-order chi connectivity index (χ1) is 8.19. The quantitative estimate of drug-likeness (QED) is 0.816. The van der Waals surface area contributed by atoms with E-state index in [0.29, 0.717) is 19.5 Å². The molecule has 0 aromatic heterocycles. The number of hydrogen-bond acceptors (Lipinski definition) is 2. The van der Waals surface area contributed by atoms with Gasteiger partial charge in [0.1, 0.15) is 0 Å². The number of rotatable bonds is 6. The summed E-state index contributed by atoms with van der Waals surface area (Å²) in [5, 5.41) is 8.94. The van der Waals surface area contributed by atoms with Gasteiger partial charge in [0.25, 0.3) is 0 Å². The Balaban J connectivity index is 2.66. The molecule has 3 nitrogen and oxygen atoms in total. The standard InChI is InChI=1S/C14H21NO2/c1-3-8-15(9-10-16)14(17)11-13-7-5-4-6-12(13)2/h4-7,16H,3,8-11H2,1-2H3.